The standard InChI is InChI=1S/C14H11FN2O4/c1-21-13-6-5-9(7-12(13)17(19)20)14(18)16-11-4-2-3-10(15)8-11/h2-8H,1H3,(H,16,18). The lowest BCUT2D eigenvalue weighted by molar-refractivity contribution is -0.385. The molecule has 0 aromatic heterocycles. The van der Waals surface area contributed by atoms with Crippen molar-refractivity contribution < 1.29 is 18.8 Å². The number of nitro benzene ring substituents is 1. The quantitative estimate of drug-likeness (QED) is 0.693. The van der Waals surface area contributed by atoms with Crippen molar-refractivity contribution in [1.82, 2.24) is 0 Å². The van der Waals surface area contributed by atoms with Gasteiger partial charge in [0.05, 0.1) is 12.0 Å². The summed E-state index contributed by atoms with van der Waals surface area (Å²) in [5.74, 6) is -1.01. The van der Waals surface area contributed by atoms with Crippen molar-refractivity contribution in [2.75, 3.05) is 12.4 Å². The third-order valence-corrected chi connectivity index (χ3v) is 2.72. The summed E-state index contributed by atoms with van der Waals surface area (Å²) in [6.45, 7) is 0. The van der Waals surface area contributed by atoms with Crippen LogP contribution in [0.2, 0.25) is 0 Å². The maximum absolute atomic E-state index is 13.0. The highest BCUT2D eigenvalue weighted by molar-refractivity contribution is 6.04. The van der Waals surface area contributed by atoms with Crippen LogP contribution in [0.15, 0.2) is 42.5 Å². The van der Waals surface area contributed by atoms with Crippen LogP contribution in [-0.2, 0) is 0 Å². The fourth-order valence-electron chi connectivity index (χ4n) is 1.74. The minimum atomic E-state index is -0.641. The van der Waals surface area contributed by atoms with Crippen LogP contribution >= 0.6 is 0 Å². The van der Waals surface area contributed by atoms with Gasteiger partial charge in [0.15, 0.2) is 5.75 Å². The van der Waals surface area contributed by atoms with E-state index in [1.165, 1.54) is 37.4 Å². The second kappa shape index (κ2) is 6.00. The van der Waals surface area contributed by atoms with Crippen molar-refractivity contribution in [2.45, 2.75) is 0 Å². The maximum atomic E-state index is 13.0. The van der Waals surface area contributed by atoms with Crippen molar-refractivity contribution in [3.8, 4) is 5.75 Å². The number of benzene rings is 2. The first-order valence-electron chi connectivity index (χ1n) is 5.90. The molecule has 1 amide bonds. The van der Waals surface area contributed by atoms with E-state index in [0.29, 0.717) is 0 Å². The average molecular weight is 290 g/mol. The van der Waals surface area contributed by atoms with Crippen LogP contribution in [0.25, 0.3) is 0 Å². The summed E-state index contributed by atoms with van der Waals surface area (Å²) in [5.41, 5.74) is 0.0228. The molecule has 0 aliphatic rings. The smallest absolute Gasteiger partial charge is 0.311 e. The molecule has 1 N–H and O–H groups in total. The van der Waals surface area contributed by atoms with Gasteiger partial charge >= 0.3 is 5.69 Å². The molecule has 7 heteroatoms. The molecule has 2 rings (SSSR count). The zero-order chi connectivity index (χ0) is 15.4. The lowest BCUT2D eigenvalue weighted by atomic mass is 10.1. The van der Waals surface area contributed by atoms with Crippen LogP contribution in [0.4, 0.5) is 15.8 Å². The van der Waals surface area contributed by atoms with E-state index in [1.807, 2.05) is 0 Å². The minimum absolute atomic E-state index is 0.0577. The highest BCUT2D eigenvalue weighted by Crippen LogP contribution is 2.27. The monoisotopic (exact) mass is 290 g/mol. The van der Waals surface area contributed by atoms with Crippen molar-refractivity contribution in [3.05, 3.63) is 64.0 Å². The molecule has 21 heavy (non-hydrogen) atoms. The number of carbonyl (C=O) groups excluding carboxylic acids is 1. The Morgan fingerprint density at radius 1 is 1.29 bits per heavy atom. The van der Waals surface area contributed by atoms with E-state index >= 15 is 0 Å². The summed E-state index contributed by atoms with van der Waals surface area (Å²) in [5, 5.41) is 13.4. The number of hydrogen-bond donors (Lipinski definition) is 1. The van der Waals surface area contributed by atoms with Gasteiger partial charge in [0, 0.05) is 17.3 Å². The number of rotatable bonds is 4. The van der Waals surface area contributed by atoms with E-state index in [4.69, 9.17) is 4.74 Å². The Morgan fingerprint density at radius 2 is 2.05 bits per heavy atom. The number of amides is 1. The van der Waals surface area contributed by atoms with Gasteiger partial charge in [-0.1, -0.05) is 6.07 Å². The molecule has 0 unspecified atom stereocenters. The number of anilines is 1. The molecule has 0 radical (unpaired) electrons. The van der Waals surface area contributed by atoms with E-state index in [1.54, 1.807) is 0 Å². The number of hydrogen-bond acceptors (Lipinski definition) is 4. The molecule has 0 atom stereocenters. The third-order valence-electron chi connectivity index (χ3n) is 2.72. The molecule has 6 nitrogen and oxygen atoms in total. The van der Waals surface area contributed by atoms with Crippen LogP contribution in [-0.4, -0.2) is 17.9 Å². The largest absolute Gasteiger partial charge is 0.490 e. The number of nitro groups is 1. The van der Waals surface area contributed by atoms with Gasteiger partial charge in [0.1, 0.15) is 5.82 Å². The van der Waals surface area contributed by atoms with Gasteiger partial charge < -0.3 is 10.1 Å². The summed E-state index contributed by atoms with van der Waals surface area (Å²) in [4.78, 5) is 22.3. The lowest BCUT2D eigenvalue weighted by Gasteiger charge is -2.07. The second-order valence-corrected chi connectivity index (χ2v) is 4.11. The fraction of sp³-hybridized carbons (Fsp3) is 0.0714. The normalized spacial score (nSPS) is 10.0. The van der Waals surface area contributed by atoms with E-state index in [0.717, 1.165) is 12.1 Å². The first-order valence-corrected chi connectivity index (χ1v) is 5.90. The molecule has 0 saturated heterocycles. The first kappa shape index (κ1) is 14.4. The Hall–Kier alpha value is -2.96. The molecule has 2 aromatic rings. The van der Waals surface area contributed by atoms with Crippen LogP contribution in [0.1, 0.15) is 10.4 Å². The Balaban J connectivity index is 2.27. The number of methoxy groups -OCH3 is 1. The number of ether oxygens (including phenoxy) is 1. The Labute approximate surface area is 119 Å². The average Bonchev–Trinajstić information content (AvgIpc) is 2.46. The predicted octanol–water partition coefficient (Wildman–Crippen LogP) is 2.99. The molecule has 2 aromatic carbocycles. The first-order chi connectivity index (χ1) is 10.0. The zero-order valence-electron chi connectivity index (χ0n) is 11.0. The maximum Gasteiger partial charge on any atom is 0.311 e. The lowest BCUT2D eigenvalue weighted by Crippen LogP contribution is -2.12. The second-order valence-electron chi connectivity index (χ2n) is 4.11. The molecule has 108 valence electrons. The molecule has 0 heterocycles. The highest BCUT2D eigenvalue weighted by Gasteiger charge is 2.18. The summed E-state index contributed by atoms with van der Waals surface area (Å²) in [6, 6.07) is 9.18. The van der Waals surface area contributed by atoms with E-state index < -0.39 is 16.6 Å². The summed E-state index contributed by atoms with van der Waals surface area (Å²) < 4.78 is 17.9. The molecule has 0 bridgehead atoms. The molecule has 0 fully saturated rings. The van der Waals surface area contributed by atoms with Gasteiger partial charge in [-0.05, 0) is 30.3 Å². The Bertz CT molecular complexity index is 703. The molecular formula is C14H11FN2O4. The van der Waals surface area contributed by atoms with Crippen LogP contribution < -0.4 is 10.1 Å². The Morgan fingerprint density at radius 3 is 2.67 bits per heavy atom. The fourth-order valence-corrected chi connectivity index (χ4v) is 1.74. The van der Waals surface area contributed by atoms with Gasteiger partial charge in [-0.25, -0.2) is 4.39 Å². The van der Waals surface area contributed by atoms with Crippen molar-refractivity contribution in [3.63, 3.8) is 0 Å². The number of nitrogens with one attached hydrogen (secondary N) is 1. The molecule has 0 spiro atoms. The zero-order valence-corrected chi connectivity index (χ0v) is 11.0. The van der Waals surface area contributed by atoms with E-state index in [9.17, 15) is 19.3 Å². The Kier molecular flexibility index (Phi) is 4.13. The van der Waals surface area contributed by atoms with Crippen LogP contribution in [0.3, 0.4) is 0 Å². The van der Waals surface area contributed by atoms with Gasteiger partial charge in [-0.2, -0.15) is 0 Å². The number of carbonyl (C=O) groups is 1. The van der Waals surface area contributed by atoms with Gasteiger partial charge in [0.2, 0.25) is 0 Å². The van der Waals surface area contributed by atoms with Crippen molar-refractivity contribution in [1.29, 1.82) is 0 Å². The SMILES string of the molecule is COc1ccc(C(=O)Nc2cccc(F)c2)cc1[N+](=O)[O-]. The van der Waals surface area contributed by atoms with Crippen molar-refractivity contribution >= 4 is 17.3 Å². The number of nitrogens with zero attached hydrogens (tertiary/aromatic N) is 1. The molecular weight excluding hydrogens is 279 g/mol. The molecule has 0 saturated carbocycles. The van der Waals surface area contributed by atoms with Crippen LogP contribution in [0, 0.1) is 15.9 Å². The summed E-state index contributed by atoms with van der Waals surface area (Å²) >= 11 is 0. The van der Waals surface area contributed by atoms with E-state index in [-0.39, 0.29) is 22.7 Å². The number of halogens is 1. The topological polar surface area (TPSA) is 81.5 Å². The predicted molar refractivity (Wildman–Crippen MR) is 74.0 cm³/mol. The summed E-state index contributed by atoms with van der Waals surface area (Å²) in [6.07, 6.45) is 0. The van der Waals surface area contributed by atoms with Gasteiger partial charge in [-0.15, -0.1) is 0 Å². The van der Waals surface area contributed by atoms with Crippen molar-refractivity contribution in [2.24, 2.45) is 0 Å². The summed E-state index contributed by atoms with van der Waals surface area (Å²) in [7, 11) is 1.30. The molecule has 0 aliphatic carbocycles. The van der Waals surface area contributed by atoms with Crippen LogP contribution in [0.5, 0.6) is 5.75 Å². The van der Waals surface area contributed by atoms with Gasteiger partial charge in [0.25, 0.3) is 5.91 Å². The van der Waals surface area contributed by atoms with E-state index in [2.05, 4.69) is 5.32 Å². The van der Waals surface area contributed by atoms with Gasteiger partial charge in [-0.3, -0.25) is 14.9 Å². The highest BCUT2D eigenvalue weighted by atomic mass is 19.1. The minimum Gasteiger partial charge on any atom is -0.490 e. The molecule has 0 aliphatic heterocycles. The third kappa shape index (κ3) is 3.33.